The lowest BCUT2D eigenvalue weighted by molar-refractivity contribution is -0.0269. The number of hydrogen-bond donors (Lipinski definition) is 2. The van der Waals surface area contributed by atoms with E-state index in [2.05, 4.69) is 10.2 Å². The number of aliphatic hydroxyl groups is 1. The lowest BCUT2D eigenvalue weighted by Crippen LogP contribution is -2.51. The van der Waals surface area contributed by atoms with Gasteiger partial charge in [0.2, 0.25) is 0 Å². The maximum atomic E-state index is 10.5. The summed E-state index contributed by atoms with van der Waals surface area (Å²) in [5.74, 6) is 1.74. The van der Waals surface area contributed by atoms with E-state index in [1.54, 1.807) is 13.2 Å². The molecule has 0 bridgehead atoms. The maximum absolute atomic E-state index is 10.5. The molecule has 23 heavy (non-hydrogen) atoms. The number of benzene rings is 1. The van der Waals surface area contributed by atoms with Gasteiger partial charge in [0.25, 0.3) is 0 Å². The normalized spacial score (nSPS) is 22.7. The molecule has 0 amide bonds. The van der Waals surface area contributed by atoms with Crippen molar-refractivity contribution in [3.05, 3.63) is 16.7 Å². The topological polar surface area (TPSA) is 63.2 Å². The number of aliphatic hydroxyl groups excluding tert-OH is 1. The van der Waals surface area contributed by atoms with Gasteiger partial charge < -0.3 is 24.6 Å². The third kappa shape index (κ3) is 3.50. The third-order valence-corrected chi connectivity index (χ3v) is 4.82. The van der Waals surface area contributed by atoms with E-state index in [0.29, 0.717) is 35.4 Å². The number of halogens is 1. The molecule has 128 valence electrons. The molecule has 0 aromatic heterocycles. The smallest absolute Gasteiger partial charge is 0.166 e. The molecule has 2 heterocycles. The monoisotopic (exact) mass is 342 g/mol. The number of nitrogens with one attached hydrogen (secondary N) is 1. The predicted molar refractivity (Wildman–Crippen MR) is 88.0 cm³/mol. The molecule has 2 atom stereocenters. The summed E-state index contributed by atoms with van der Waals surface area (Å²) in [4.78, 5) is 2.23. The molecule has 1 saturated heterocycles. The van der Waals surface area contributed by atoms with Crippen molar-refractivity contribution in [2.45, 2.75) is 19.1 Å². The van der Waals surface area contributed by atoms with Crippen LogP contribution in [0.3, 0.4) is 0 Å². The molecule has 2 aliphatic heterocycles. The molecular weight excluding hydrogens is 320 g/mol. The van der Waals surface area contributed by atoms with E-state index in [0.717, 1.165) is 31.7 Å². The molecule has 6 nitrogen and oxygen atoms in total. The highest BCUT2D eigenvalue weighted by atomic mass is 35.5. The van der Waals surface area contributed by atoms with E-state index >= 15 is 0 Å². The Kier molecular flexibility index (Phi) is 5.16. The highest BCUT2D eigenvalue weighted by molar-refractivity contribution is 6.33. The summed E-state index contributed by atoms with van der Waals surface area (Å²) in [5.41, 5.74) is 0.788. The van der Waals surface area contributed by atoms with Crippen LogP contribution in [0.1, 0.15) is 5.56 Å². The van der Waals surface area contributed by atoms with Gasteiger partial charge in [0.15, 0.2) is 17.6 Å². The molecule has 0 saturated carbocycles. The molecule has 1 fully saturated rings. The fourth-order valence-corrected chi connectivity index (χ4v) is 3.18. The highest BCUT2D eigenvalue weighted by Gasteiger charge is 2.31. The van der Waals surface area contributed by atoms with Crippen molar-refractivity contribution in [3.63, 3.8) is 0 Å². The number of fused-ring (bicyclic) bond motifs is 1. The summed E-state index contributed by atoms with van der Waals surface area (Å²) in [6, 6.07) is 1.72. The Morgan fingerprint density at radius 3 is 2.91 bits per heavy atom. The number of piperazine rings is 1. The zero-order valence-electron chi connectivity index (χ0n) is 13.5. The number of rotatable bonds is 4. The van der Waals surface area contributed by atoms with Crippen molar-refractivity contribution in [2.75, 3.05) is 46.4 Å². The Morgan fingerprint density at radius 2 is 2.22 bits per heavy atom. The fraction of sp³-hybridized carbons (Fsp3) is 0.625. The van der Waals surface area contributed by atoms with E-state index in [-0.39, 0.29) is 0 Å². The summed E-state index contributed by atoms with van der Waals surface area (Å²) < 4.78 is 17.0. The highest BCUT2D eigenvalue weighted by Crippen LogP contribution is 2.44. The van der Waals surface area contributed by atoms with E-state index in [1.807, 2.05) is 6.92 Å². The second kappa shape index (κ2) is 7.13. The van der Waals surface area contributed by atoms with Gasteiger partial charge in [-0.2, -0.15) is 0 Å². The largest absolute Gasteiger partial charge is 0.495 e. The summed E-state index contributed by atoms with van der Waals surface area (Å²) in [6.07, 6.45) is -1.01. The van der Waals surface area contributed by atoms with Crippen LogP contribution in [-0.4, -0.2) is 68.7 Å². The van der Waals surface area contributed by atoms with Crippen LogP contribution in [0.25, 0.3) is 0 Å². The first kappa shape index (κ1) is 16.6. The van der Waals surface area contributed by atoms with E-state index in [1.165, 1.54) is 0 Å². The standard InChI is InChI=1S/C16H23ClN2O4/c1-10-15(17)12(21-2)7-13-16(10)22-9-14(23-13)11(20)8-19-5-3-18-4-6-19/h7,11,14,18,20H,3-6,8-9H2,1-2H3. The molecule has 0 aliphatic carbocycles. The van der Waals surface area contributed by atoms with Crippen LogP contribution in [0, 0.1) is 6.92 Å². The van der Waals surface area contributed by atoms with Crippen molar-refractivity contribution in [3.8, 4) is 17.2 Å². The van der Waals surface area contributed by atoms with Gasteiger partial charge in [-0.05, 0) is 6.92 Å². The first-order valence-corrected chi connectivity index (χ1v) is 8.25. The Hall–Kier alpha value is -1.21. The van der Waals surface area contributed by atoms with Crippen LogP contribution in [0.15, 0.2) is 6.07 Å². The van der Waals surface area contributed by atoms with Gasteiger partial charge in [-0.3, -0.25) is 4.90 Å². The third-order valence-electron chi connectivity index (χ3n) is 4.35. The number of nitrogens with zero attached hydrogens (tertiary/aromatic N) is 1. The van der Waals surface area contributed by atoms with Gasteiger partial charge in [-0.15, -0.1) is 0 Å². The van der Waals surface area contributed by atoms with E-state index in [4.69, 9.17) is 25.8 Å². The van der Waals surface area contributed by atoms with Gasteiger partial charge in [-0.1, -0.05) is 11.6 Å². The van der Waals surface area contributed by atoms with E-state index in [9.17, 15) is 5.11 Å². The van der Waals surface area contributed by atoms with Crippen LogP contribution in [0.5, 0.6) is 17.2 Å². The Bertz CT molecular complexity index is 564. The Morgan fingerprint density at radius 1 is 1.48 bits per heavy atom. The van der Waals surface area contributed by atoms with Gasteiger partial charge >= 0.3 is 0 Å². The van der Waals surface area contributed by atoms with Crippen LogP contribution in [-0.2, 0) is 0 Å². The molecule has 2 unspecified atom stereocenters. The minimum atomic E-state index is -0.608. The van der Waals surface area contributed by atoms with Gasteiger partial charge in [-0.25, -0.2) is 0 Å². The zero-order valence-corrected chi connectivity index (χ0v) is 14.2. The van der Waals surface area contributed by atoms with Crippen LogP contribution >= 0.6 is 11.6 Å². The van der Waals surface area contributed by atoms with Crippen molar-refractivity contribution in [1.29, 1.82) is 0 Å². The molecule has 3 rings (SSSR count). The summed E-state index contributed by atoms with van der Waals surface area (Å²) in [7, 11) is 1.56. The zero-order chi connectivity index (χ0) is 16.4. The predicted octanol–water partition coefficient (Wildman–Crippen LogP) is 1.06. The number of hydrogen-bond acceptors (Lipinski definition) is 6. The lowest BCUT2D eigenvalue weighted by atomic mass is 10.1. The quantitative estimate of drug-likeness (QED) is 0.853. The van der Waals surface area contributed by atoms with Crippen molar-refractivity contribution in [2.24, 2.45) is 0 Å². The first-order valence-electron chi connectivity index (χ1n) is 7.88. The van der Waals surface area contributed by atoms with Crippen molar-refractivity contribution < 1.29 is 19.3 Å². The molecule has 1 aromatic carbocycles. The molecule has 2 aliphatic rings. The average molecular weight is 343 g/mol. The number of methoxy groups -OCH3 is 1. The van der Waals surface area contributed by atoms with Crippen LogP contribution in [0.4, 0.5) is 0 Å². The first-order chi connectivity index (χ1) is 11.1. The van der Waals surface area contributed by atoms with Gasteiger partial charge in [0.1, 0.15) is 18.5 Å². The Balaban J connectivity index is 1.70. The summed E-state index contributed by atoms with van der Waals surface area (Å²) >= 11 is 6.24. The summed E-state index contributed by atoms with van der Waals surface area (Å²) in [6.45, 7) is 6.52. The van der Waals surface area contributed by atoms with Crippen molar-refractivity contribution in [1.82, 2.24) is 10.2 Å². The molecule has 1 aromatic rings. The van der Waals surface area contributed by atoms with Gasteiger partial charge in [0, 0.05) is 44.4 Å². The molecule has 0 spiro atoms. The minimum Gasteiger partial charge on any atom is -0.495 e. The number of β-amino-alcohol motifs (C(OH)–C–C–N with tert-alkyl or cyclic N) is 1. The Labute approximate surface area is 141 Å². The molecule has 0 radical (unpaired) electrons. The van der Waals surface area contributed by atoms with E-state index < -0.39 is 12.2 Å². The second-order valence-corrected chi connectivity index (χ2v) is 6.31. The molecular formula is C16H23ClN2O4. The minimum absolute atomic E-state index is 0.309. The second-order valence-electron chi connectivity index (χ2n) is 5.93. The maximum Gasteiger partial charge on any atom is 0.166 e. The number of ether oxygens (including phenoxy) is 3. The fourth-order valence-electron chi connectivity index (χ4n) is 2.96. The summed E-state index contributed by atoms with van der Waals surface area (Å²) in [5, 5.41) is 14.3. The van der Waals surface area contributed by atoms with Crippen LogP contribution in [0.2, 0.25) is 5.02 Å². The SMILES string of the molecule is COc1cc2c(c(C)c1Cl)OCC(C(O)CN1CCNCC1)O2. The molecule has 7 heteroatoms. The van der Waals surface area contributed by atoms with Gasteiger partial charge in [0.05, 0.1) is 12.1 Å². The molecule has 2 N–H and O–H groups in total. The van der Waals surface area contributed by atoms with Crippen molar-refractivity contribution >= 4 is 11.6 Å². The lowest BCUT2D eigenvalue weighted by Gasteiger charge is -2.34. The van der Waals surface area contributed by atoms with Crippen LogP contribution < -0.4 is 19.5 Å². The average Bonchev–Trinajstić information content (AvgIpc) is 2.58.